The zero-order valence-corrected chi connectivity index (χ0v) is 11.7. The fourth-order valence-electron chi connectivity index (χ4n) is 1.97. The number of amides is 1. The molecule has 1 aromatic heterocycles. The highest BCUT2D eigenvalue weighted by molar-refractivity contribution is 7.14. The lowest BCUT2D eigenvalue weighted by Crippen LogP contribution is -2.14. The number of nitrogens with zero attached hydrogens (tertiary/aromatic N) is 2. The number of hydrogen-bond donors (Lipinski definition) is 2. The first kappa shape index (κ1) is 13.5. The van der Waals surface area contributed by atoms with Crippen LogP contribution < -0.4 is 11.1 Å². The molecular formula is C13H12N4O3S. The monoisotopic (exact) mass is 304 g/mol. The highest BCUT2D eigenvalue weighted by atomic mass is 32.1. The van der Waals surface area contributed by atoms with Crippen molar-refractivity contribution in [3.63, 3.8) is 0 Å². The van der Waals surface area contributed by atoms with E-state index in [0.29, 0.717) is 16.7 Å². The van der Waals surface area contributed by atoms with E-state index in [0.717, 1.165) is 18.5 Å². The molecule has 0 radical (unpaired) electrons. The third-order valence-corrected chi connectivity index (χ3v) is 3.98. The highest BCUT2D eigenvalue weighted by Gasteiger charge is 2.27. The maximum atomic E-state index is 12.2. The van der Waals surface area contributed by atoms with Crippen LogP contribution in [-0.4, -0.2) is 15.8 Å². The van der Waals surface area contributed by atoms with Crippen LogP contribution in [0.15, 0.2) is 23.6 Å². The first-order valence-corrected chi connectivity index (χ1v) is 7.23. The van der Waals surface area contributed by atoms with Gasteiger partial charge in [0.15, 0.2) is 5.13 Å². The van der Waals surface area contributed by atoms with Crippen molar-refractivity contribution in [1.82, 2.24) is 4.98 Å². The van der Waals surface area contributed by atoms with Crippen LogP contribution in [0.25, 0.3) is 0 Å². The van der Waals surface area contributed by atoms with Gasteiger partial charge in [0.2, 0.25) is 0 Å². The molecule has 0 aliphatic heterocycles. The summed E-state index contributed by atoms with van der Waals surface area (Å²) >= 11 is 1.32. The molecule has 1 amide bonds. The summed E-state index contributed by atoms with van der Waals surface area (Å²) in [5.41, 5.74) is 6.52. The van der Waals surface area contributed by atoms with Gasteiger partial charge in [0.25, 0.3) is 11.6 Å². The number of hydrogen-bond acceptors (Lipinski definition) is 6. The zero-order chi connectivity index (χ0) is 15.0. The number of carbonyl (C=O) groups is 1. The normalized spacial score (nSPS) is 13.9. The Labute approximate surface area is 124 Å². The predicted molar refractivity (Wildman–Crippen MR) is 79.6 cm³/mol. The van der Waals surface area contributed by atoms with Gasteiger partial charge in [-0.15, -0.1) is 11.3 Å². The molecule has 7 nitrogen and oxygen atoms in total. The summed E-state index contributed by atoms with van der Waals surface area (Å²) < 4.78 is 0. The minimum absolute atomic E-state index is 0.0665. The van der Waals surface area contributed by atoms with Gasteiger partial charge in [-0.1, -0.05) is 0 Å². The summed E-state index contributed by atoms with van der Waals surface area (Å²) in [6, 6.07) is 3.91. The molecule has 0 spiro atoms. The van der Waals surface area contributed by atoms with Crippen molar-refractivity contribution in [3.8, 4) is 0 Å². The van der Waals surface area contributed by atoms with Gasteiger partial charge in [0, 0.05) is 23.1 Å². The second-order valence-corrected chi connectivity index (χ2v) is 5.70. The number of carbonyl (C=O) groups excluding carboxylic acids is 1. The van der Waals surface area contributed by atoms with Crippen molar-refractivity contribution in [2.45, 2.75) is 18.8 Å². The third-order valence-electron chi connectivity index (χ3n) is 3.20. The zero-order valence-electron chi connectivity index (χ0n) is 10.9. The molecule has 1 saturated carbocycles. The van der Waals surface area contributed by atoms with Gasteiger partial charge in [-0.2, -0.15) is 0 Å². The topological polar surface area (TPSA) is 111 Å². The number of nitro groups is 1. The lowest BCUT2D eigenvalue weighted by Gasteiger charge is -2.04. The second-order valence-electron chi connectivity index (χ2n) is 4.84. The standard InChI is InChI=1S/C13H12N4O3S/c14-8-3-4-11(17(19)20)9(5-8)12(18)16-13-15-10(6-21-13)7-1-2-7/h3-7H,1-2,14H2,(H,15,16,18). The molecule has 1 heterocycles. The molecule has 0 unspecified atom stereocenters. The molecule has 0 bridgehead atoms. The molecule has 8 heteroatoms. The van der Waals surface area contributed by atoms with Gasteiger partial charge in [-0.05, 0) is 25.0 Å². The Morgan fingerprint density at radius 2 is 2.24 bits per heavy atom. The Hall–Kier alpha value is -2.48. The summed E-state index contributed by atoms with van der Waals surface area (Å²) in [4.78, 5) is 26.9. The predicted octanol–water partition coefficient (Wildman–Crippen LogP) is 2.76. The Morgan fingerprint density at radius 3 is 2.90 bits per heavy atom. The van der Waals surface area contributed by atoms with Crippen molar-refractivity contribution in [2.24, 2.45) is 0 Å². The first-order chi connectivity index (χ1) is 10.0. The maximum Gasteiger partial charge on any atom is 0.282 e. The van der Waals surface area contributed by atoms with E-state index in [9.17, 15) is 14.9 Å². The molecule has 3 N–H and O–H groups in total. The molecule has 108 valence electrons. The number of nitrogen functional groups attached to an aromatic ring is 1. The van der Waals surface area contributed by atoms with Gasteiger partial charge in [-0.3, -0.25) is 20.2 Å². The van der Waals surface area contributed by atoms with Crippen molar-refractivity contribution in [1.29, 1.82) is 0 Å². The minimum atomic E-state index is -0.605. The highest BCUT2D eigenvalue weighted by Crippen LogP contribution is 2.41. The average Bonchev–Trinajstić information content (AvgIpc) is 3.19. The van der Waals surface area contributed by atoms with E-state index in [2.05, 4.69) is 10.3 Å². The van der Waals surface area contributed by atoms with Crippen LogP contribution in [0, 0.1) is 10.1 Å². The van der Waals surface area contributed by atoms with Gasteiger partial charge >= 0.3 is 0 Å². The molecule has 1 aromatic carbocycles. The van der Waals surface area contributed by atoms with E-state index < -0.39 is 10.8 Å². The van der Waals surface area contributed by atoms with Crippen molar-refractivity contribution in [3.05, 3.63) is 45.0 Å². The molecule has 1 aliphatic carbocycles. The van der Waals surface area contributed by atoms with Crippen molar-refractivity contribution >= 4 is 33.8 Å². The van der Waals surface area contributed by atoms with Crippen LogP contribution >= 0.6 is 11.3 Å². The first-order valence-electron chi connectivity index (χ1n) is 6.35. The quantitative estimate of drug-likeness (QED) is 0.512. The fraction of sp³-hybridized carbons (Fsp3) is 0.231. The SMILES string of the molecule is Nc1ccc([N+](=O)[O-])c(C(=O)Nc2nc(C3CC3)cs2)c1. The van der Waals surface area contributed by atoms with Gasteiger partial charge in [-0.25, -0.2) is 4.98 Å². The summed E-state index contributed by atoms with van der Waals surface area (Å²) in [7, 11) is 0. The van der Waals surface area contributed by atoms with Crippen LogP contribution in [0.1, 0.15) is 34.8 Å². The number of nitrogens with one attached hydrogen (secondary N) is 1. The van der Waals surface area contributed by atoms with E-state index in [1.165, 1.54) is 29.5 Å². The van der Waals surface area contributed by atoms with E-state index in [1.54, 1.807) is 0 Å². The van der Waals surface area contributed by atoms with Crippen LogP contribution in [-0.2, 0) is 0 Å². The Balaban J connectivity index is 1.83. The summed E-state index contributed by atoms with van der Waals surface area (Å²) in [5, 5.41) is 15.9. The van der Waals surface area contributed by atoms with Crippen LogP contribution in [0.2, 0.25) is 0 Å². The largest absolute Gasteiger partial charge is 0.399 e. The summed E-state index contributed by atoms with van der Waals surface area (Å²) in [5.74, 6) is -0.0840. The van der Waals surface area contributed by atoms with Crippen molar-refractivity contribution < 1.29 is 9.72 Å². The number of thiazole rings is 1. The lowest BCUT2D eigenvalue weighted by atomic mass is 10.1. The third kappa shape index (κ3) is 2.84. The molecule has 3 rings (SSSR count). The maximum absolute atomic E-state index is 12.2. The number of anilines is 2. The number of nitro benzene ring substituents is 1. The number of rotatable bonds is 4. The second kappa shape index (κ2) is 5.13. The molecule has 1 fully saturated rings. The minimum Gasteiger partial charge on any atom is -0.399 e. The Bertz CT molecular complexity index is 724. The number of benzene rings is 1. The smallest absolute Gasteiger partial charge is 0.282 e. The van der Waals surface area contributed by atoms with Crippen molar-refractivity contribution in [2.75, 3.05) is 11.1 Å². The van der Waals surface area contributed by atoms with Gasteiger partial charge < -0.3 is 5.73 Å². The number of nitrogens with two attached hydrogens (primary N) is 1. The Kier molecular flexibility index (Phi) is 3.30. The summed E-state index contributed by atoms with van der Waals surface area (Å²) in [6.45, 7) is 0. The van der Waals surface area contributed by atoms with Gasteiger partial charge in [0.05, 0.1) is 10.6 Å². The molecule has 0 atom stereocenters. The summed E-state index contributed by atoms with van der Waals surface area (Å²) in [6.07, 6.45) is 2.25. The van der Waals surface area contributed by atoms with E-state index in [-0.39, 0.29) is 11.3 Å². The van der Waals surface area contributed by atoms with E-state index in [4.69, 9.17) is 5.73 Å². The average molecular weight is 304 g/mol. The van der Waals surface area contributed by atoms with Crippen LogP contribution in [0.5, 0.6) is 0 Å². The molecule has 21 heavy (non-hydrogen) atoms. The fourth-order valence-corrected chi connectivity index (χ4v) is 2.76. The molecule has 1 aliphatic rings. The molecule has 0 saturated heterocycles. The van der Waals surface area contributed by atoms with Crippen LogP contribution in [0.4, 0.5) is 16.5 Å². The van der Waals surface area contributed by atoms with E-state index in [1.807, 2.05) is 5.38 Å². The Morgan fingerprint density at radius 1 is 1.48 bits per heavy atom. The molecule has 2 aromatic rings. The van der Waals surface area contributed by atoms with Gasteiger partial charge in [0.1, 0.15) is 5.56 Å². The number of aromatic nitrogens is 1. The van der Waals surface area contributed by atoms with Crippen LogP contribution in [0.3, 0.4) is 0 Å². The molecular weight excluding hydrogens is 292 g/mol. The lowest BCUT2D eigenvalue weighted by molar-refractivity contribution is -0.385. The van der Waals surface area contributed by atoms with E-state index >= 15 is 0 Å².